The highest BCUT2D eigenvalue weighted by molar-refractivity contribution is 7.56. The molecular formula is C18H22NO4P. The second-order valence-corrected chi connectivity index (χ2v) is 8.15. The summed E-state index contributed by atoms with van der Waals surface area (Å²) < 4.78 is 23.4. The van der Waals surface area contributed by atoms with Gasteiger partial charge in [-0.1, -0.05) is 48.5 Å². The third-order valence-electron chi connectivity index (χ3n) is 3.23. The van der Waals surface area contributed by atoms with Crippen LogP contribution in [0.4, 0.5) is 0 Å². The van der Waals surface area contributed by atoms with Crippen LogP contribution in [0.2, 0.25) is 0 Å². The lowest BCUT2D eigenvalue weighted by Gasteiger charge is -2.28. The Morgan fingerprint density at radius 3 is 2.17 bits per heavy atom. The summed E-state index contributed by atoms with van der Waals surface area (Å²) in [5.41, 5.74) is -0.254. The summed E-state index contributed by atoms with van der Waals surface area (Å²) >= 11 is 0. The molecule has 0 aromatic heterocycles. The molecule has 0 spiro atoms. The van der Waals surface area contributed by atoms with Crippen molar-refractivity contribution in [2.75, 3.05) is 6.66 Å². The van der Waals surface area contributed by atoms with Crippen molar-refractivity contribution in [1.82, 2.24) is 5.09 Å². The maximum absolute atomic E-state index is 12.6. The van der Waals surface area contributed by atoms with Crippen molar-refractivity contribution in [3.05, 3.63) is 66.2 Å². The van der Waals surface area contributed by atoms with Gasteiger partial charge in [0.05, 0.1) is 0 Å². The average molecular weight is 347 g/mol. The predicted molar refractivity (Wildman–Crippen MR) is 94.1 cm³/mol. The van der Waals surface area contributed by atoms with Crippen LogP contribution in [-0.4, -0.2) is 18.2 Å². The first kappa shape index (κ1) is 18.2. The molecular weight excluding hydrogens is 325 g/mol. The Hall–Kier alpha value is -2.10. The van der Waals surface area contributed by atoms with Crippen LogP contribution in [0.15, 0.2) is 60.7 Å². The molecule has 24 heavy (non-hydrogen) atoms. The van der Waals surface area contributed by atoms with E-state index in [0.717, 1.165) is 5.56 Å². The molecule has 0 heterocycles. The molecule has 5 nitrogen and oxygen atoms in total. The number of ether oxygens (including phenoxy) is 1. The van der Waals surface area contributed by atoms with E-state index in [1.165, 1.54) is 6.66 Å². The molecule has 2 aromatic rings. The summed E-state index contributed by atoms with van der Waals surface area (Å²) in [4.78, 5) is 12.3. The Bertz CT molecular complexity index is 716. The number of esters is 1. The highest BCUT2D eigenvalue weighted by Gasteiger charge is 2.36. The number of nitrogens with one attached hydrogen (secondary N) is 1. The van der Waals surface area contributed by atoms with Crippen molar-refractivity contribution >= 4 is 13.5 Å². The second kappa shape index (κ2) is 7.65. The van der Waals surface area contributed by atoms with Gasteiger partial charge in [0, 0.05) is 6.66 Å². The van der Waals surface area contributed by atoms with Crippen LogP contribution in [0.3, 0.4) is 0 Å². The normalized spacial score (nSPS) is 13.8. The number of carbonyl (C=O) groups is 1. The SMILES string of the molecule is CC(C)(NP(C)(=O)Oc1ccccc1)C(=O)OCc1ccccc1. The third kappa shape index (κ3) is 5.52. The largest absolute Gasteiger partial charge is 0.459 e. The molecule has 0 fully saturated rings. The number of para-hydroxylation sites is 1. The van der Waals surface area contributed by atoms with Crippen LogP contribution in [0.1, 0.15) is 19.4 Å². The van der Waals surface area contributed by atoms with E-state index < -0.39 is 19.0 Å². The first-order chi connectivity index (χ1) is 11.3. The minimum Gasteiger partial charge on any atom is -0.459 e. The van der Waals surface area contributed by atoms with Crippen LogP contribution >= 0.6 is 7.52 Å². The van der Waals surface area contributed by atoms with E-state index in [9.17, 15) is 9.36 Å². The van der Waals surface area contributed by atoms with E-state index in [1.807, 2.05) is 36.4 Å². The van der Waals surface area contributed by atoms with Crippen molar-refractivity contribution in [2.45, 2.75) is 26.0 Å². The Morgan fingerprint density at radius 2 is 1.58 bits per heavy atom. The van der Waals surface area contributed by atoms with Gasteiger partial charge in [-0.25, -0.2) is 5.09 Å². The third-order valence-corrected chi connectivity index (χ3v) is 4.75. The summed E-state index contributed by atoms with van der Waals surface area (Å²) in [6.45, 7) is 4.83. The first-order valence-electron chi connectivity index (χ1n) is 7.61. The van der Waals surface area contributed by atoms with Gasteiger partial charge in [0.1, 0.15) is 17.9 Å². The quantitative estimate of drug-likeness (QED) is 0.606. The van der Waals surface area contributed by atoms with E-state index in [1.54, 1.807) is 38.1 Å². The summed E-state index contributed by atoms with van der Waals surface area (Å²) in [6, 6.07) is 18.2. The number of benzene rings is 2. The van der Waals surface area contributed by atoms with Crippen LogP contribution in [0, 0.1) is 0 Å². The fraction of sp³-hybridized carbons (Fsp3) is 0.278. The highest BCUT2D eigenvalue weighted by Crippen LogP contribution is 2.41. The van der Waals surface area contributed by atoms with Gasteiger partial charge in [-0.2, -0.15) is 0 Å². The molecule has 1 unspecified atom stereocenters. The zero-order valence-corrected chi connectivity index (χ0v) is 15.0. The van der Waals surface area contributed by atoms with E-state index in [2.05, 4.69) is 5.09 Å². The number of carbonyl (C=O) groups excluding carboxylic acids is 1. The Kier molecular flexibility index (Phi) is 5.81. The summed E-state index contributed by atoms with van der Waals surface area (Å²) in [7, 11) is -3.24. The average Bonchev–Trinajstić information content (AvgIpc) is 2.53. The van der Waals surface area contributed by atoms with Crippen LogP contribution < -0.4 is 9.61 Å². The maximum Gasteiger partial charge on any atom is 0.326 e. The molecule has 128 valence electrons. The molecule has 0 amide bonds. The van der Waals surface area contributed by atoms with Gasteiger partial charge in [-0.3, -0.25) is 9.36 Å². The van der Waals surface area contributed by atoms with Crippen LogP contribution in [-0.2, 0) is 20.7 Å². The lowest BCUT2D eigenvalue weighted by atomic mass is 10.1. The Balaban J connectivity index is 1.95. The molecule has 6 heteroatoms. The van der Waals surface area contributed by atoms with Gasteiger partial charge in [0.2, 0.25) is 0 Å². The lowest BCUT2D eigenvalue weighted by Crippen LogP contribution is -2.46. The second-order valence-electron chi connectivity index (χ2n) is 6.05. The molecule has 2 aromatic carbocycles. The number of hydrogen-bond acceptors (Lipinski definition) is 4. The van der Waals surface area contributed by atoms with Crippen molar-refractivity contribution in [3.63, 3.8) is 0 Å². The molecule has 0 saturated carbocycles. The van der Waals surface area contributed by atoms with Gasteiger partial charge >= 0.3 is 13.5 Å². The molecule has 1 N–H and O–H groups in total. The number of rotatable bonds is 7. The first-order valence-corrected chi connectivity index (χ1v) is 9.68. The predicted octanol–water partition coefficient (Wildman–Crippen LogP) is 4.00. The van der Waals surface area contributed by atoms with Crippen molar-refractivity contribution in [3.8, 4) is 5.75 Å². The molecule has 0 aliphatic heterocycles. The smallest absolute Gasteiger partial charge is 0.326 e. The molecule has 0 radical (unpaired) electrons. The highest BCUT2D eigenvalue weighted by atomic mass is 31.2. The van der Waals surface area contributed by atoms with Crippen LogP contribution in [0.5, 0.6) is 5.75 Å². The van der Waals surface area contributed by atoms with Crippen LogP contribution in [0.25, 0.3) is 0 Å². The molecule has 2 rings (SSSR count). The summed E-state index contributed by atoms with van der Waals surface area (Å²) in [5, 5.41) is 2.78. The van der Waals surface area contributed by atoms with E-state index >= 15 is 0 Å². The fourth-order valence-corrected chi connectivity index (χ4v) is 3.84. The van der Waals surface area contributed by atoms with Gasteiger partial charge in [-0.15, -0.1) is 0 Å². The maximum atomic E-state index is 12.6. The Morgan fingerprint density at radius 1 is 1.04 bits per heavy atom. The van der Waals surface area contributed by atoms with E-state index in [4.69, 9.17) is 9.26 Å². The lowest BCUT2D eigenvalue weighted by molar-refractivity contribution is -0.150. The van der Waals surface area contributed by atoms with E-state index in [0.29, 0.717) is 5.75 Å². The van der Waals surface area contributed by atoms with Crippen molar-refractivity contribution in [1.29, 1.82) is 0 Å². The molecule has 0 aliphatic rings. The topological polar surface area (TPSA) is 64.6 Å². The van der Waals surface area contributed by atoms with Gasteiger partial charge in [0.25, 0.3) is 0 Å². The standard InChI is InChI=1S/C18H22NO4P/c1-18(2,17(20)22-14-15-10-6-4-7-11-15)19-24(3,21)23-16-12-8-5-9-13-16/h4-13H,14H2,1-3H3,(H,19,21). The molecule has 0 bridgehead atoms. The Labute approximate surface area is 142 Å². The van der Waals surface area contributed by atoms with E-state index in [-0.39, 0.29) is 6.61 Å². The van der Waals surface area contributed by atoms with Gasteiger partial charge in [-0.05, 0) is 31.5 Å². The zero-order chi connectivity index (χ0) is 17.6. The van der Waals surface area contributed by atoms with Crippen molar-refractivity contribution in [2.24, 2.45) is 0 Å². The fourth-order valence-electron chi connectivity index (χ4n) is 2.16. The molecule has 0 saturated heterocycles. The van der Waals surface area contributed by atoms with Gasteiger partial charge in [0.15, 0.2) is 0 Å². The summed E-state index contributed by atoms with van der Waals surface area (Å²) in [5.74, 6) is -0.0191. The molecule has 0 aliphatic carbocycles. The minimum absolute atomic E-state index is 0.165. The number of hydrogen-bond donors (Lipinski definition) is 1. The van der Waals surface area contributed by atoms with Crippen molar-refractivity contribution < 1.29 is 18.6 Å². The van der Waals surface area contributed by atoms with Gasteiger partial charge < -0.3 is 9.26 Å². The minimum atomic E-state index is -3.24. The molecule has 1 atom stereocenters. The zero-order valence-electron chi connectivity index (χ0n) is 14.1. The summed E-state index contributed by atoms with van der Waals surface area (Å²) in [6.07, 6.45) is 0. The monoisotopic (exact) mass is 347 g/mol.